The number of fused-ring (bicyclic) bond motifs is 3. The zero-order valence-corrected chi connectivity index (χ0v) is 16.2. The number of Topliss-reactive ketones (excluding diaryl/α,β-unsaturated/α-hetero) is 1. The van der Waals surface area contributed by atoms with E-state index in [1.807, 2.05) is 6.07 Å². The van der Waals surface area contributed by atoms with E-state index in [2.05, 4.69) is 31.2 Å². The normalized spacial score (nSPS) is 25.9. The number of esters is 1. The smallest absolute Gasteiger partial charge is 0.309 e. The van der Waals surface area contributed by atoms with Crippen LogP contribution in [0.4, 0.5) is 0 Å². The maximum atomic E-state index is 12.9. The Hall–Kier alpha value is -1.68. The quantitative estimate of drug-likeness (QED) is 0.594. The van der Waals surface area contributed by atoms with E-state index < -0.39 is 0 Å². The number of rotatable bonds is 9. The van der Waals surface area contributed by atoms with Crippen LogP contribution in [0.1, 0.15) is 63.4 Å². The van der Waals surface area contributed by atoms with E-state index in [1.54, 1.807) is 6.92 Å². The lowest BCUT2D eigenvalue weighted by Crippen LogP contribution is -2.44. The molecule has 2 aliphatic heterocycles. The minimum absolute atomic E-state index is 0.0154. The van der Waals surface area contributed by atoms with Gasteiger partial charge in [-0.15, -0.1) is 0 Å². The maximum absolute atomic E-state index is 12.9. The molecule has 4 heteroatoms. The van der Waals surface area contributed by atoms with E-state index >= 15 is 0 Å². The Bertz CT molecular complexity index is 627. The van der Waals surface area contributed by atoms with Gasteiger partial charge in [0.05, 0.1) is 18.6 Å². The van der Waals surface area contributed by atoms with Crippen LogP contribution < -0.4 is 0 Å². The van der Waals surface area contributed by atoms with Crippen molar-refractivity contribution in [1.29, 1.82) is 0 Å². The number of ketones is 1. The molecule has 0 aromatic heterocycles. The summed E-state index contributed by atoms with van der Waals surface area (Å²) in [5.41, 5.74) is 1.29. The molecule has 2 saturated heterocycles. The largest absolute Gasteiger partial charge is 0.466 e. The predicted molar refractivity (Wildman–Crippen MR) is 104 cm³/mol. The van der Waals surface area contributed by atoms with Crippen LogP contribution in [-0.2, 0) is 19.1 Å². The topological polar surface area (TPSA) is 52.6 Å². The summed E-state index contributed by atoms with van der Waals surface area (Å²) in [4.78, 5) is 25.1. The van der Waals surface area contributed by atoms with E-state index in [-0.39, 0.29) is 36.1 Å². The monoisotopic (exact) mass is 370 g/mol. The lowest BCUT2D eigenvalue weighted by Gasteiger charge is -2.46. The third kappa shape index (κ3) is 4.78. The van der Waals surface area contributed by atoms with Crippen LogP contribution >= 0.6 is 0 Å². The highest BCUT2D eigenvalue weighted by atomic mass is 16.5. The third-order valence-corrected chi connectivity index (χ3v) is 5.79. The highest BCUT2D eigenvalue weighted by Crippen LogP contribution is 2.49. The molecule has 4 unspecified atom stereocenters. The second-order valence-electron chi connectivity index (χ2n) is 7.62. The first-order valence-corrected chi connectivity index (χ1v) is 10.2. The van der Waals surface area contributed by atoms with Gasteiger partial charge in [0, 0.05) is 12.3 Å². The van der Waals surface area contributed by atoms with Crippen LogP contribution in [0.5, 0.6) is 0 Å². The third-order valence-electron chi connectivity index (χ3n) is 5.79. The van der Waals surface area contributed by atoms with Gasteiger partial charge in [-0.1, -0.05) is 50.1 Å². The molecule has 4 nitrogen and oxygen atoms in total. The van der Waals surface area contributed by atoms with Gasteiger partial charge in [-0.05, 0) is 44.1 Å². The molecular formula is C23H30O4. The van der Waals surface area contributed by atoms with Crippen LogP contribution in [-0.4, -0.2) is 24.5 Å². The van der Waals surface area contributed by atoms with Gasteiger partial charge >= 0.3 is 5.97 Å². The van der Waals surface area contributed by atoms with Crippen molar-refractivity contribution in [3.05, 3.63) is 48.9 Å². The van der Waals surface area contributed by atoms with Crippen molar-refractivity contribution in [3.8, 4) is 0 Å². The van der Waals surface area contributed by atoms with Gasteiger partial charge in [0.2, 0.25) is 0 Å². The average molecular weight is 370 g/mol. The summed E-state index contributed by atoms with van der Waals surface area (Å²) in [5.74, 6) is -0.154. The fourth-order valence-corrected chi connectivity index (χ4v) is 4.40. The SMILES string of the molecule is [CH2]CCCC(CC(=O)[C]1OC2CCC1CC2c1ccccc1)C(=O)OCC. The zero-order valence-electron chi connectivity index (χ0n) is 16.2. The molecule has 1 aromatic rings. The van der Waals surface area contributed by atoms with Gasteiger partial charge < -0.3 is 9.47 Å². The van der Waals surface area contributed by atoms with Gasteiger partial charge in [0.1, 0.15) is 0 Å². The molecule has 3 fully saturated rings. The molecule has 3 aliphatic rings. The Morgan fingerprint density at radius 3 is 2.67 bits per heavy atom. The molecule has 1 aliphatic carbocycles. The molecular weight excluding hydrogens is 340 g/mol. The van der Waals surface area contributed by atoms with Gasteiger partial charge in [0.25, 0.3) is 0 Å². The molecule has 27 heavy (non-hydrogen) atoms. The maximum Gasteiger partial charge on any atom is 0.309 e. The Labute approximate surface area is 162 Å². The van der Waals surface area contributed by atoms with Gasteiger partial charge in [-0.3, -0.25) is 9.59 Å². The average Bonchev–Trinajstić information content (AvgIpc) is 2.72. The van der Waals surface area contributed by atoms with Gasteiger partial charge in [0.15, 0.2) is 11.9 Å². The van der Waals surface area contributed by atoms with Crippen molar-refractivity contribution in [2.75, 3.05) is 6.61 Å². The summed E-state index contributed by atoms with van der Waals surface area (Å²) in [7, 11) is 0. The number of hydrogen-bond donors (Lipinski definition) is 0. The summed E-state index contributed by atoms with van der Waals surface area (Å²) in [6, 6.07) is 10.4. The molecule has 4 rings (SSSR count). The Kier molecular flexibility index (Phi) is 7.06. The van der Waals surface area contributed by atoms with E-state index in [4.69, 9.17) is 9.47 Å². The molecule has 4 atom stereocenters. The van der Waals surface area contributed by atoms with Crippen molar-refractivity contribution in [1.82, 2.24) is 0 Å². The van der Waals surface area contributed by atoms with Crippen molar-refractivity contribution in [2.24, 2.45) is 11.8 Å². The number of unbranched alkanes of at least 4 members (excludes halogenated alkanes) is 1. The number of carbonyl (C=O) groups excluding carboxylic acids is 2. The fraction of sp³-hybridized carbons (Fsp3) is 0.565. The molecule has 146 valence electrons. The van der Waals surface area contributed by atoms with Crippen LogP contribution in [0, 0.1) is 24.9 Å². The fourth-order valence-electron chi connectivity index (χ4n) is 4.40. The Morgan fingerprint density at radius 2 is 2.04 bits per heavy atom. The first-order chi connectivity index (χ1) is 13.1. The standard InChI is InChI=1S/C23H30O4/c1-3-5-9-18(23(25)26-4-2)15-20(24)22-17-12-13-21(27-22)19(14-17)16-10-7-6-8-11-16/h6-8,10-11,17-19,21H,1,3-5,9,12-15H2,2H3. The highest BCUT2D eigenvalue weighted by Gasteiger charge is 2.47. The highest BCUT2D eigenvalue weighted by molar-refractivity contribution is 5.93. The van der Waals surface area contributed by atoms with E-state index in [0.717, 1.165) is 32.1 Å². The van der Waals surface area contributed by atoms with Crippen LogP contribution in [0.25, 0.3) is 0 Å². The zero-order chi connectivity index (χ0) is 19.2. The molecule has 0 spiro atoms. The molecule has 0 amide bonds. The lowest BCUT2D eigenvalue weighted by molar-refractivity contribution is -0.152. The minimum atomic E-state index is -0.388. The number of ether oxygens (including phenoxy) is 2. The van der Waals surface area contributed by atoms with Crippen LogP contribution in [0.2, 0.25) is 0 Å². The van der Waals surface area contributed by atoms with Crippen LogP contribution in [0.3, 0.4) is 0 Å². The van der Waals surface area contributed by atoms with E-state index in [0.29, 0.717) is 25.0 Å². The molecule has 2 heterocycles. The summed E-state index contributed by atoms with van der Waals surface area (Å²) in [6.45, 7) is 5.96. The van der Waals surface area contributed by atoms with Crippen molar-refractivity contribution in [2.45, 2.75) is 63.9 Å². The molecule has 2 bridgehead atoms. The summed E-state index contributed by atoms with van der Waals surface area (Å²) in [6.07, 6.45) is 6.01. The minimum Gasteiger partial charge on any atom is -0.466 e. The number of benzene rings is 1. The molecule has 2 radical (unpaired) electrons. The summed E-state index contributed by atoms with van der Waals surface area (Å²) >= 11 is 0. The Morgan fingerprint density at radius 1 is 1.26 bits per heavy atom. The molecule has 1 saturated carbocycles. The second kappa shape index (κ2) is 9.50. The molecule has 1 aromatic carbocycles. The van der Waals surface area contributed by atoms with Crippen molar-refractivity contribution < 1.29 is 19.1 Å². The first-order valence-electron chi connectivity index (χ1n) is 10.2. The molecule has 0 N–H and O–H groups in total. The first kappa shape index (κ1) is 20.1. The van der Waals surface area contributed by atoms with Gasteiger partial charge in [-0.25, -0.2) is 0 Å². The van der Waals surface area contributed by atoms with E-state index in [1.165, 1.54) is 5.56 Å². The number of hydrogen-bond acceptors (Lipinski definition) is 4. The lowest BCUT2D eigenvalue weighted by atomic mass is 9.70. The van der Waals surface area contributed by atoms with Crippen molar-refractivity contribution >= 4 is 11.8 Å². The summed E-state index contributed by atoms with van der Waals surface area (Å²) < 4.78 is 11.3. The summed E-state index contributed by atoms with van der Waals surface area (Å²) in [5, 5.41) is 0. The van der Waals surface area contributed by atoms with Gasteiger partial charge in [-0.2, -0.15) is 0 Å². The Balaban J connectivity index is 1.63. The second-order valence-corrected chi connectivity index (χ2v) is 7.62. The predicted octanol–water partition coefficient (Wildman–Crippen LogP) is 4.64. The number of carbonyl (C=O) groups is 2. The van der Waals surface area contributed by atoms with Crippen molar-refractivity contribution in [3.63, 3.8) is 0 Å². The van der Waals surface area contributed by atoms with Crippen LogP contribution in [0.15, 0.2) is 30.3 Å². The van der Waals surface area contributed by atoms with E-state index in [9.17, 15) is 9.59 Å².